The number of aromatic nitrogens is 1. The molecule has 1 fully saturated rings. The van der Waals surface area contributed by atoms with Gasteiger partial charge >= 0.3 is 0 Å². The Morgan fingerprint density at radius 2 is 2.06 bits per heavy atom. The number of hydrogen-bond acceptors (Lipinski definition) is 6. The van der Waals surface area contributed by atoms with E-state index in [9.17, 15) is 0 Å². The van der Waals surface area contributed by atoms with E-state index in [0.29, 0.717) is 10.5 Å². The van der Waals surface area contributed by atoms with Gasteiger partial charge in [-0.3, -0.25) is 0 Å². The SMILES string of the molecule is CCC1SCCSC1c1nc(C(OC)OC)cs1. The van der Waals surface area contributed by atoms with Crippen molar-refractivity contribution in [2.75, 3.05) is 25.7 Å². The Kier molecular flexibility index (Phi) is 5.82. The highest BCUT2D eigenvalue weighted by atomic mass is 32.2. The molecule has 0 spiro atoms. The molecule has 102 valence electrons. The van der Waals surface area contributed by atoms with Gasteiger partial charge in [0.15, 0.2) is 0 Å². The fourth-order valence-corrected chi connectivity index (χ4v) is 6.27. The van der Waals surface area contributed by atoms with Gasteiger partial charge in [-0.05, 0) is 6.42 Å². The average molecular weight is 305 g/mol. The van der Waals surface area contributed by atoms with E-state index in [2.05, 4.69) is 24.1 Å². The van der Waals surface area contributed by atoms with Gasteiger partial charge in [0, 0.05) is 36.4 Å². The molecule has 0 aliphatic carbocycles. The highest BCUT2D eigenvalue weighted by molar-refractivity contribution is 8.06. The second-order valence-corrected chi connectivity index (χ2v) is 7.51. The molecule has 2 unspecified atom stereocenters. The van der Waals surface area contributed by atoms with Gasteiger partial charge in [0.2, 0.25) is 6.29 Å². The van der Waals surface area contributed by atoms with E-state index in [-0.39, 0.29) is 6.29 Å². The van der Waals surface area contributed by atoms with Crippen LogP contribution in [-0.2, 0) is 9.47 Å². The average Bonchev–Trinajstić information content (AvgIpc) is 2.89. The van der Waals surface area contributed by atoms with Crippen LogP contribution in [0, 0.1) is 0 Å². The lowest BCUT2D eigenvalue weighted by atomic mass is 10.2. The molecule has 0 N–H and O–H groups in total. The fraction of sp³-hybridized carbons (Fsp3) is 0.750. The molecule has 3 nitrogen and oxygen atoms in total. The normalized spacial score (nSPS) is 24.7. The van der Waals surface area contributed by atoms with Crippen molar-refractivity contribution >= 4 is 34.9 Å². The van der Waals surface area contributed by atoms with Crippen LogP contribution in [0.15, 0.2) is 5.38 Å². The number of nitrogens with zero attached hydrogens (tertiary/aromatic N) is 1. The van der Waals surface area contributed by atoms with E-state index in [0.717, 1.165) is 5.69 Å². The van der Waals surface area contributed by atoms with Crippen LogP contribution in [0.25, 0.3) is 0 Å². The monoisotopic (exact) mass is 305 g/mol. The smallest absolute Gasteiger partial charge is 0.201 e. The van der Waals surface area contributed by atoms with E-state index >= 15 is 0 Å². The minimum Gasteiger partial charge on any atom is -0.350 e. The molecule has 0 saturated carbocycles. The predicted octanol–water partition coefficient (Wildman–Crippen LogP) is 3.73. The highest BCUT2D eigenvalue weighted by Crippen LogP contribution is 2.45. The van der Waals surface area contributed by atoms with Crippen LogP contribution >= 0.6 is 34.9 Å². The lowest BCUT2D eigenvalue weighted by molar-refractivity contribution is -0.108. The molecule has 0 radical (unpaired) electrons. The van der Waals surface area contributed by atoms with Gasteiger partial charge in [0.25, 0.3) is 0 Å². The quantitative estimate of drug-likeness (QED) is 0.774. The summed E-state index contributed by atoms with van der Waals surface area (Å²) in [5.41, 5.74) is 0.894. The first kappa shape index (κ1) is 14.7. The lowest BCUT2D eigenvalue weighted by Crippen LogP contribution is -2.18. The molecule has 0 bridgehead atoms. The zero-order valence-corrected chi connectivity index (χ0v) is 13.4. The van der Waals surface area contributed by atoms with Crippen molar-refractivity contribution < 1.29 is 9.47 Å². The third kappa shape index (κ3) is 3.22. The summed E-state index contributed by atoms with van der Waals surface area (Å²) in [5.74, 6) is 2.48. The molecule has 1 aliphatic rings. The molecule has 6 heteroatoms. The van der Waals surface area contributed by atoms with Gasteiger partial charge in [-0.2, -0.15) is 11.8 Å². The molecule has 2 heterocycles. The summed E-state index contributed by atoms with van der Waals surface area (Å²) < 4.78 is 10.5. The van der Waals surface area contributed by atoms with Crippen LogP contribution < -0.4 is 0 Å². The van der Waals surface area contributed by atoms with Gasteiger partial charge in [-0.1, -0.05) is 6.92 Å². The predicted molar refractivity (Wildman–Crippen MR) is 80.6 cm³/mol. The Balaban J connectivity index is 2.12. The summed E-state index contributed by atoms with van der Waals surface area (Å²) in [7, 11) is 3.29. The Hall–Kier alpha value is 0.250. The van der Waals surface area contributed by atoms with Crippen LogP contribution in [-0.4, -0.2) is 36.0 Å². The number of methoxy groups -OCH3 is 2. The van der Waals surface area contributed by atoms with E-state index < -0.39 is 0 Å². The third-order valence-electron chi connectivity index (χ3n) is 2.91. The highest BCUT2D eigenvalue weighted by Gasteiger charge is 2.29. The van der Waals surface area contributed by atoms with Crippen LogP contribution in [0.5, 0.6) is 0 Å². The van der Waals surface area contributed by atoms with E-state index in [4.69, 9.17) is 14.5 Å². The van der Waals surface area contributed by atoms with Gasteiger partial charge in [-0.25, -0.2) is 4.98 Å². The number of ether oxygens (including phenoxy) is 2. The zero-order valence-electron chi connectivity index (χ0n) is 10.9. The van der Waals surface area contributed by atoms with Gasteiger partial charge in [0.1, 0.15) is 10.7 Å². The molecule has 1 aromatic heterocycles. The number of hydrogen-bond donors (Lipinski definition) is 0. The Morgan fingerprint density at radius 1 is 1.33 bits per heavy atom. The summed E-state index contributed by atoms with van der Waals surface area (Å²) in [6, 6.07) is 0. The van der Waals surface area contributed by atoms with Crippen molar-refractivity contribution in [2.45, 2.75) is 30.1 Å². The molecule has 18 heavy (non-hydrogen) atoms. The molecule has 1 aliphatic heterocycles. The summed E-state index contributed by atoms with van der Waals surface area (Å²) in [5, 5.41) is 4.49. The van der Waals surface area contributed by atoms with Crippen molar-refractivity contribution in [1.82, 2.24) is 4.98 Å². The van der Waals surface area contributed by atoms with Crippen molar-refractivity contribution in [3.63, 3.8) is 0 Å². The fourth-order valence-electron chi connectivity index (χ4n) is 2.01. The second-order valence-electron chi connectivity index (χ2n) is 4.02. The first-order valence-corrected chi connectivity index (χ1v) is 9.02. The van der Waals surface area contributed by atoms with E-state index in [1.54, 1.807) is 25.6 Å². The molecular weight excluding hydrogens is 286 g/mol. The Morgan fingerprint density at radius 3 is 2.72 bits per heavy atom. The lowest BCUT2D eigenvalue weighted by Gasteiger charge is -2.28. The van der Waals surface area contributed by atoms with Crippen LogP contribution in [0.4, 0.5) is 0 Å². The van der Waals surface area contributed by atoms with Crippen molar-refractivity contribution in [2.24, 2.45) is 0 Å². The van der Waals surface area contributed by atoms with Crippen molar-refractivity contribution in [3.05, 3.63) is 16.1 Å². The maximum atomic E-state index is 5.25. The van der Waals surface area contributed by atoms with E-state index in [1.165, 1.54) is 22.9 Å². The van der Waals surface area contributed by atoms with Crippen LogP contribution in [0.1, 0.15) is 35.6 Å². The molecule has 1 saturated heterocycles. The Bertz CT molecular complexity index is 368. The molecule has 0 aromatic carbocycles. The Labute approximate surface area is 121 Å². The minimum atomic E-state index is -0.337. The van der Waals surface area contributed by atoms with E-state index in [1.807, 2.05) is 11.8 Å². The molecule has 0 amide bonds. The van der Waals surface area contributed by atoms with Crippen molar-refractivity contribution in [1.29, 1.82) is 0 Å². The number of thiazole rings is 1. The first-order chi connectivity index (χ1) is 8.80. The molecular formula is C12H19NO2S3. The van der Waals surface area contributed by atoms with Gasteiger partial charge < -0.3 is 9.47 Å². The minimum absolute atomic E-state index is 0.337. The maximum Gasteiger partial charge on any atom is 0.201 e. The second kappa shape index (κ2) is 7.14. The van der Waals surface area contributed by atoms with Crippen LogP contribution in [0.3, 0.4) is 0 Å². The summed E-state index contributed by atoms with van der Waals surface area (Å²) in [4.78, 5) is 4.71. The number of thioether (sulfide) groups is 2. The van der Waals surface area contributed by atoms with Crippen LogP contribution in [0.2, 0.25) is 0 Å². The first-order valence-electron chi connectivity index (χ1n) is 6.04. The largest absolute Gasteiger partial charge is 0.350 e. The molecule has 2 atom stereocenters. The zero-order chi connectivity index (χ0) is 13.0. The van der Waals surface area contributed by atoms with Crippen molar-refractivity contribution in [3.8, 4) is 0 Å². The maximum absolute atomic E-state index is 5.25. The number of rotatable bonds is 5. The third-order valence-corrected chi connectivity index (χ3v) is 7.26. The molecule has 1 aromatic rings. The topological polar surface area (TPSA) is 31.4 Å². The van der Waals surface area contributed by atoms with Gasteiger partial charge in [-0.15, -0.1) is 23.1 Å². The summed E-state index contributed by atoms with van der Waals surface area (Å²) in [6.07, 6.45) is 0.867. The summed E-state index contributed by atoms with van der Waals surface area (Å²) in [6.45, 7) is 2.26. The molecule has 2 rings (SSSR count). The summed E-state index contributed by atoms with van der Waals surface area (Å²) >= 11 is 5.84. The standard InChI is InChI=1S/C12H19NO2S3/c1-4-9-10(17-6-5-16-9)11-13-8(7-18-11)12(14-2)15-3/h7,9-10,12H,4-6H2,1-3H3. The van der Waals surface area contributed by atoms with Gasteiger partial charge in [0.05, 0.1) is 5.25 Å².